The first-order valence-electron chi connectivity index (χ1n) is 7.27. The fourth-order valence-electron chi connectivity index (χ4n) is 2.72. The first-order valence-corrected chi connectivity index (χ1v) is 7.27. The fourth-order valence-corrected chi connectivity index (χ4v) is 2.72. The van der Waals surface area contributed by atoms with Crippen LogP contribution in [0, 0.1) is 0 Å². The smallest absolute Gasteiger partial charge is 0.139 e. The molecule has 0 atom stereocenters. The monoisotopic (exact) mass is 306 g/mol. The summed E-state index contributed by atoms with van der Waals surface area (Å²) in [5, 5.41) is 20.0. The topological polar surface area (TPSA) is 81.3 Å². The Labute approximate surface area is 132 Å². The number of aliphatic imine (C=N–C) groups is 2. The molecule has 0 amide bonds. The Bertz CT molecular complexity index is 856. The van der Waals surface area contributed by atoms with Gasteiger partial charge in [0.2, 0.25) is 0 Å². The highest BCUT2D eigenvalue weighted by atomic mass is 16.3. The van der Waals surface area contributed by atoms with E-state index in [0.29, 0.717) is 24.5 Å². The second-order valence-electron chi connectivity index (χ2n) is 5.30. The number of hydrogen-bond donors (Lipinski definition) is 2. The van der Waals surface area contributed by atoms with Crippen molar-refractivity contribution in [1.29, 1.82) is 0 Å². The predicted octanol–water partition coefficient (Wildman–Crippen LogP) is 2.49. The molecule has 0 unspecified atom stereocenters. The summed E-state index contributed by atoms with van der Waals surface area (Å²) in [6.45, 7) is 1.35. The van der Waals surface area contributed by atoms with Gasteiger partial charge < -0.3 is 15.1 Å². The van der Waals surface area contributed by atoms with Gasteiger partial charge in [0.15, 0.2) is 0 Å². The largest absolute Gasteiger partial charge is 0.508 e. The summed E-state index contributed by atoms with van der Waals surface area (Å²) in [5.41, 5.74) is 2.16. The highest BCUT2D eigenvalue weighted by molar-refractivity contribution is 6.20. The van der Waals surface area contributed by atoms with Crippen LogP contribution in [0.15, 0.2) is 58.8 Å². The van der Waals surface area contributed by atoms with E-state index in [2.05, 4.69) is 15.0 Å². The van der Waals surface area contributed by atoms with Gasteiger partial charge in [-0.05, 0) is 30.3 Å². The summed E-state index contributed by atoms with van der Waals surface area (Å²) in [5.74, 6) is 1.69. The number of benzene rings is 1. The Morgan fingerprint density at radius 2 is 2.17 bits per heavy atom. The Morgan fingerprint density at radius 3 is 3.00 bits per heavy atom. The zero-order valence-corrected chi connectivity index (χ0v) is 12.2. The average molecular weight is 306 g/mol. The molecule has 23 heavy (non-hydrogen) atoms. The van der Waals surface area contributed by atoms with Crippen molar-refractivity contribution >= 4 is 23.1 Å². The molecule has 2 aromatic rings. The standard InChI is InChI=1S/C17H14N4O2/c22-12-3-4-14-13(8-12)17-19-6-7-21(17)16(20-14)9-15(23)11-2-1-5-18-10-11/h1-5,8-10,22-23H,6-7H2/b15-9-. The molecule has 4 rings (SSSR count). The van der Waals surface area contributed by atoms with Crippen LogP contribution < -0.4 is 0 Å². The molecule has 6 heteroatoms. The molecule has 3 heterocycles. The van der Waals surface area contributed by atoms with Crippen LogP contribution in [-0.4, -0.2) is 44.9 Å². The molecule has 0 aliphatic carbocycles. The maximum Gasteiger partial charge on any atom is 0.139 e. The lowest BCUT2D eigenvalue weighted by Crippen LogP contribution is -2.36. The third-order valence-corrected chi connectivity index (χ3v) is 3.80. The SMILES string of the molecule is O/C(=C\C1=Nc2ccc(O)cc2C2=NCCN12)c1cccnc1. The number of aliphatic hydroxyl groups excluding tert-OH is 1. The molecule has 114 valence electrons. The van der Waals surface area contributed by atoms with Gasteiger partial charge >= 0.3 is 0 Å². The number of phenols is 1. The Kier molecular flexibility index (Phi) is 3.08. The van der Waals surface area contributed by atoms with Crippen LogP contribution in [0.2, 0.25) is 0 Å². The highest BCUT2D eigenvalue weighted by Crippen LogP contribution is 2.32. The van der Waals surface area contributed by atoms with Crippen LogP contribution in [0.3, 0.4) is 0 Å². The van der Waals surface area contributed by atoms with Crippen molar-refractivity contribution in [2.75, 3.05) is 13.1 Å². The first kappa shape index (κ1) is 13.5. The van der Waals surface area contributed by atoms with Gasteiger partial charge in [-0.1, -0.05) is 0 Å². The first-order chi connectivity index (χ1) is 11.2. The maximum atomic E-state index is 10.3. The van der Waals surface area contributed by atoms with Crippen LogP contribution in [0.4, 0.5) is 5.69 Å². The molecule has 0 fully saturated rings. The summed E-state index contributed by atoms with van der Waals surface area (Å²) in [4.78, 5) is 15.0. The number of fused-ring (bicyclic) bond motifs is 3. The summed E-state index contributed by atoms with van der Waals surface area (Å²) in [6.07, 6.45) is 4.87. The van der Waals surface area contributed by atoms with Gasteiger partial charge in [0, 0.05) is 36.1 Å². The van der Waals surface area contributed by atoms with E-state index >= 15 is 0 Å². The number of pyridine rings is 1. The van der Waals surface area contributed by atoms with Gasteiger partial charge in [0.1, 0.15) is 23.2 Å². The van der Waals surface area contributed by atoms with E-state index in [1.807, 2.05) is 4.90 Å². The minimum absolute atomic E-state index is 0.102. The summed E-state index contributed by atoms with van der Waals surface area (Å²) < 4.78 is 0. The number of rotatable bonds is 2. The van der Waals surface area contributed by atoms with Crippen LogP contribution in [0.25, 0.3) is 5.76 Å². The molecule has 2 aliphatic heterocycles. The zero-order valence-electron chi connectivity index (χ0n) is 12.2. The Balaban J connectivity index is 1.80. The van der Waals surface area contributed by atoms with Gasteiger partial charge in [-0.3, -0.25) is 9.98 Å². The quantitative estimate of drug-likeness (QED) is 0.835. The van der Waals surface area contributed by atoms with Crippen LogP contribution >= 0.6 is 0 Å². The van der Waals surface area contributed by atoms with Gasteiger partial charge in [-0.25, -0.2) is 4.99 Å². The normalized spacial score (nSPS) is 16.5. The second-order valence-corrected chi connectivity index (χ2v) is 5.30. The van der Waals surface area contributed by atoms with Crippen LogP contribution in [0.5, 0.6) is 5.75 Å². The lowest BCUT2D eigenvalue weighted by molar-refractivity contribution is 0.475. The highest BCUT2D eigenvalue weighted by Gasteiger charge is 2.29. The number of aliphatic hydroxyl groups is 1. The van der Waals surface area contributed by atoms with Crippen molar-refractivity contribution in [2.45, 2.75) is 0 Å². The maximum absolute atomic E-state index is 10.3. The summed E-state index contributed by atoms with van der Waals surface area (Å²) in [7, 11) is 0. The van der Waals surface area contributed by atoms with Crippen LogP contribution in [0.1, 0.15) is 11.1 Å². The molecule has 2 N–H and O–H groups in total. The Morgan fingerprint density at radius 1 is 1.26 bits per heavy atom. The molecule has 0 bridgehead atoms. The number of aromatic nitrogens is 1. The predicted molar refractivity (Wildman–Crippen MR) is 88.2 cm³/mol. The fraction of sp³-hybridized carbons (Fsp3) is 0.118. The van der Waals surface area contributed by atoms with E-state index in [-0.39, 0.29) is 11.5 Å². The molecule has 0 radical (unpaired) electrons. The van der Waals surface area contributed by atoms with E-state index in [4.69, 9.17) is 0 Å². The van der Waals surface area contributed by atoms with Crippen molar-refractivity contribution in [3.63, 3.8) is 0 Å². The number of phenolic OH excluding ortho intramolecular Hbond substituents is 1. The van der Waals surface area contributed by atoms with E-state index in [0.717, 1.165) is 17.1 Å². The molecular weight excluding hydrogens is 292 g/mol. The van der Waals surface area contributed by atoms with E-state index < -0.39 is 0 Å². The molecular formula is C17H14N4O2. The minimum atomic E-state index is 0.102. The van der Waals surface area contributed by atoms with E-state index in [9.17, 15) is 10.2 Å². The molecule has 0 spiro atoms. The van der Waals surface area contributed by atoms with Crippen molar-refractivity contribution in [2.24, 2.45) is 9.98 Å². The number of aromatic hydroxyl groups is 1. The van der Waals surface area contributed by atoms with Crippen molar-refractivity contribution < 1.29 is 10.2 Å². The molecule has 2 aliphatic rings. The minimum Gasteiger partial charge on any atom is -0.508 e. The summed E-state index contributed by atoms with van der Waals surface area (Å²) >= 11 is 0. The van der Waals surface area contributed by atoms with Gasteiger partial charge in [0.25, 0.3) is 0 Å². The third kappa shape index (κ3) is 2.34. The molecule has 6 nitrogen and oxygen atoms in total. The van der Waals surface area contributed by atoms with E-state index in [1.165, 1.54) is 0 Å². The number of amidine groups is 2. The zero-order chi connectivity index (χ0) is 15.8. The van der Waals surface area contributed by atoms with Gasteiger partial charge in [0.05, 0.1) is 12.2 Å². The lowest BCUT2D eigenvalue weighted by Gasteiger charge is -2.26. The second kappa shape index (κ2) is 5.24. The summed E-state index contributed by atoms with van der Waals surface area (Å²) in [6, 6.07) is 8.56. The van der Waals surface area contributed by atoms with E-state index in [1.54, 1.807) is 48.8 Å². The van der Waals surface area contributed by atoms with Crippen LogP contribution in [-0.2, 0) is 0 Å². The van der Waals surface area contributed by atoms with Gasteiger partial charge in [-0.15, -0.1) is 0 Å². The molecule has 0 saturated heterocycles. The molecule has 0 saturated carbocycles. The lowest BCUT2D eigenvalue weighted by atomic mass is 10.1. The van der Waals surface area contributed by atoms with Crippen molar-refractivity contribution in [3.05, 3.63) is 59.9 Å². The number of nitrogens with zero attached hydrogens (tertiary/aromatic N) is 4. The third-order valence-electron chi connectivity index (χ3n) is 3.80. The average Bonchev–Trinajstić information content (AvgIpc) is 3.06. The van der Waals surface area contributed by atoms with Gasteiger partial charge in [-0.2, -0.15) is 0 Å². The number of hydrogen-bond acceptors (Lipinski definition) is 6. The molecule has 1 aromatic carbocycles. The Hall–Kier alpha value is -3.15. The molecule has 1 aromatic heterocycles. The van der Waals surface area contributed by atoms with Crippen molar-refractivity contribution in [3.8, 4) is 5.75 Å². The van der Waals surface area contributed by atoms with Crippen molar-refractivity contribution in [1.82, 2.24) is 9.88 Å².